The summed E-state index contributed by atoms with van der Waals surface area (Å²) >= 11 is 5.02. The number of carbonyl (C=O) groups excluding carboxylic acids is 1. The van der Waals surface area contributed by atoms with Gasteiger partial charge in [0, 0.05) is 24.1 Å². The smallest absolute Gasteiger partial charge is 0.244 e. The van der Waals surface area contributed by atoms with Crippen LogP contribution in [0.1, 0.15) is 11.3 Å². The minimum Gasteiger partial charge on any atom is -0.450 e. The van der Waals surface area contributed by atoms with E-state index in [1.165, 1.54) is 11.6 Å². The van der Waals surface area contributed by atoms with E-state index in [2.05, 4.69) is 33.4 Å². The van der Waals surface area contributed by atoms with Gasteiger partial charge in [-0.15, -0.1) is 0 Å². The van der Waals surface area contributed by atoms with Crippen molar-refractivity contribution in [2.45, 2.75) is 5.75 Å². The van der Waals surface area contributed by atoms with Crippen molar-refractivity contribution < 1.29 is 9.21 Å². The van der Waals surface area contributed by atoms with Crippen LogP contribution in [-0.4, -0.2) is 18.2 Å². The molecule has 5 heteroatoms. The maximum Gasteiger partial charge on any atom is 0.244 e. The first kappa shape index (κ1) is 15.9. The molecule has 1 amide bonds. The van der Waals surface area contributed by atoms with Gasteiger partial charge in [0.15, 0.2) is 4.67 Å². The van der Waals surface area contributed by atoms with Gasteiger partial charge in [-0.1, -0.05) is 30.3 Å². The number of hydrogen-bond acceptors (Lipinski definition) is 3. The maximum atomic E-state index is 11.6. The topological polar surface area (TPSA) is 42.2 Å². The Morgan fingerprint density at radius 2 is 2.05 bits per heavy atom. The minimum absolute atomic E-state index is 0.108. The van der Waals surface area contributed by atoms with Gasteiger partial charge in [-0.05, 0) is 39.7 Å². The van der Waals surface area contributed by atoms with Gasteiger partial charge in [0.25, 0.3) is 0 Å². The van der Waals surface area contributed by atoms with E-state index in [4.69, 9.17) is 4.42 Å². The number of rotatable bonds is 7. The summed E-state index contributed by atoms with van der Waals surface area (Å²) < 4.78 is 5.92. The fourth-order valence-corrected chi connectivity index (χ4v) is 2.78. The molecule has 0 saturated heterocycles. The van der Waals surface area contributed by atoms with E-state index in [9.17, 15) is 4.79 Å². The van der Waals surface area contributed by atoms with Crippen LogP contribution in [0.5, 0.6) is 0 Å². The van der Waals surface area contributed by atoms with Gasteiger partial charge in [-0.25, -0.2) is 0 Å². The molecule has 21 heavy (non-hydrogen) atoms. The molecule has 1 heterocycles. The van der Waals surface area contributed by atoms with Gasteiger partial charge in [0.1, 0.15) is 5.76 Å². The molecule has 1 aromatic heterocycles. The van der Waals surface area contributed by atoms with Crippen molar-refractivity contribution in [1.29, 1.82) is 0 Å². The lowest BCUT2D eigenvalue weighted by Crippen LogP contribution is -2.23. The van der Waals surface area contributed by atoms with Crippen LogP contribution in [0.3, 0.4) is 0 Å². The Hall–Kier alpha value is -1.46. The molecule has 0 aliphatic carbocycles. The SMILES string of the molecule is O=C(C=Cc1ccc(Br)o1)NCCSCc1ccccc1. The highest BCUT2D eigenvalue weighted by Gasteiger charge is 1.98. The first-order valence-corrected chi connectivity index (χ1v) is 8.52. The molecule has 0 radical (unpaired) electrons. The Balaban J connectivity index is 1.60. The van der Waals surface area contributed by atoms with Crippen LogP contribution in [0.25, 0.3) is 6.08 Å². The number of amides is 1. The maximum absolute atomic E-state index is 11.6. The third kappa shape index (κ3) is 6.23. The summed E-state index contributed by atoms with van der Waals surface area (Å²) in [4.78, 5) is 11.6. The number of thioether (sulfide) groups is 1. The molecule has 0 fully saturated rings. The van der Waals surface area contributed by atoms with Crippen LogP contribution in [0, 0.1) is 0 Å². The van der Waals surface area contributed by atoms with E-state index >= 15 is 0 Å². The van der Waals surface area contributed by atoms with E-state index in [0.29, 0.717) is 17.0 Å². The predicted molar refractivity (Wildman–Crippen MR) is 91.1 cm³/mol. The van der Waals surface area contributed by atoms with Crippen LogP contribution in [0.15, 0.2) is 57.6 Å². The van der Waals surface area contributed by atoms with E-state index in [0.717, 1.165) is 11.5 Å². The van der Waals surface area contributed by atoms with Gasteiger partial charge >= 0.3 is 0 Å². The molecule has 110 valence electrons. The summed E-state index contributed by atoms with van der Waals surface area (Å²) in [6.45, 7) is 0.655. The Morgan fingerprint density at radius 1 is 1.24 bits per heavy atom. The average molecular weight is 366 g/mol. The molecule has 0 unspecified atom stereocenters. The summed E-state index contributed by atoms with van der Waals surface area (Å²) in [5.74, 6) is 2.40. The number of halogens is 1. The molecule has 3 nitrogen and oxygen atoms in total. The Morgan fingerprint density at radius 3 is 2.76 bits per heavy atom. The van der Waals surface area contributed by atoms with Gasteiger partial charge in [0.2, 0.25) is 5.91 Å². The van der Waals surface area contributed by atoms with Gasteiger partial charge in [0.05, 0.1) is 0 Å². The number of nitrogens with one attached hydrogen (secondary N) is 1. The largest absolute Gasteiger partial charge is 0.450 e. The summed E-state index contributed by atoms with van der Waals surface area (Å²) in [6, 6.07) is 13.9. The highest BCUT2D eigenvalue weighted by Crippen LogP contribution is 2.15. The monoisotopic (exact) mass is 365 g/mol. The van der Waals surface area contributed by atoms with E-state index in [-0.39, 0.29) is 5.91 Å². The lowest BCUT2D eigenvalue weighted by atomic mass is 10.2. The molecule has 0 spiro atoms. The number of furan rings is 1. The van der Waals surface area contributed by atoms with Crippen molar-refractivity contribution in [3.8, 4) is 0 Å². The molecule has 0 atom stereocenters. The molecule has 0 aliphatic rings. The third-order valence-corrected chi connectivity index (χ3v) is 4.11. The normalized spacial score (nSPS) is 10.9. The van der Waals surface area contributed by atoms with Crippen molar-refractivity contribution in [2.24, 2.45) is 0 Å². The second kappa shape index (κ2) is 8.74. The second-order valence-electron chi connectivity index (χ2n) is 4.30. The quantitative estimate of drug-likeness (QED) is 0.593. The standard InChI is InChI=1S/C16H16BrNO2S/c17-15-8-6-14(20-15)7-9-16(19)18-10-11-21-12-13-4-2-1-3-5-13/h1-9H,10-12H2,(H,18,19). The first-order chi connectivity index (χ1) is 10.2. The van der Waals surface area contributed by atoms with Crippen molar-refractivity contribution >= 4 is 39.7 Å². The highest BCUT2D eigenvalue weighted by atomic mass is 79.9. The summed E-state index contributed by atoms with van der Waals surface area (Å²) in [6.07, 6.45) is 3.13. The second-order valence-corrected chi connectivity index (χ2v) is 6.19. The third-order valence-electron chi connectivity index (χ3n) is 2.65. The van der Waals surface area contributed by atoms with Crippen molar-refractivity contribution in [1.82, 2.24) is 5.32 Å². The summed E-state index contributed by atoms with van der Waals surface area (Å²) in [5, 5.41) is 2.85. The van der Waals surface area contributed by atoms with Crippen LogP contribution < -0.4 is 5.32 Å². The molecule has 1 aromatic carbocycles. The van der Waals surface area contributed by atoms with Crippen LogP contribution >= 0.6 is 27.7 Å². The zero-order chi connectivity index (χ0) is 14.9. The van der Waals surface area contributed by atoms with Gasteiger partial charge < -0.3 is 9.73 Å². The van der Waals surface area contributed by atoms with E-state index in [1.807, 2.05) is 18.2 Å². The summed E-state index contributed by atoms with van der Waals surface area (Å²) in [7, 11) is 0. The van der Waals surface area contributed by atoms with E-state index in [1.54, 1.807) is 30.0 Å². The Kier molecular flexibility index (Phi) is 6.63. The molecule has 0 aliphatic heterocycles. The Labute approximate surface area is 136 Å². The lowest BCUT2D eigenvalue weighted by Gasteiger charge is -2.03. The number of carbonyl (C=O) groups is 1. The molecule has 1 N–H and O–H groups in total. The molecule has 2 rings (SSSR count). The zero-order valence-electron chi connectivity index (χ0n) is 11.4. The number of hydrogen-bond donors (Lipinski definition) is 1. The van der Waals surface area contributed by atoms with E-state index < -0.39 is 0 Å². The lowest BCUT2D eigenvalue weighted by molar-refractivity contribution is -0.116. The average Bonchev–Trinajstić information content (AvgIpc) is 2.91. The molecular weight excluding hydrogens is 350 g/mol. The van der Waals surface area contributed by atoms with Crippen LogP contribution in [-0.2, 0) is 10.5 Å². The van der Waals surface area contributed by atoms with Crippen molar-refractivity contribution in [3.63, 3.8) is 0 Å². The highest BCUT2D eigenvalue weighted by molar-refractivity contribution is 9.10. The first-order valence-electron chi connectivity index (χ1n) is 6.57. The zero-order valence-corrected chi connectivity index (χ0v) is 13.8. The Bertz CT molecular complexity index is 595. The molecular formula is C16H16BrNO2S. The van der Waals surface area contributed by atoms with Gasteiger partial charge in [-0.3, -0.25) is 4.79 Å². The molecule has 2 aromatic rings. The predicted octanol–water partition coefficient (Wildman–Crippen LogP) is 4.10. The molecule has 0 bridgehead atoms. The minimum atomic E-state index is -0.108. The van der Waals surface area contributed by atoms with Crippen LogP contribution in [0.2, 0.25) is 0 Å². The number of benzene rings is 1. The summed E-state index contributed by atoms with van der Waals surface area (Å²) in [5.41, 5.74) is 1.30. The molecule has 0 saturated carbocycles. The van der Waals surface area contributed by atoms with Crippen molar-refractivity contribution in [3.05, 3.63) is 64.5 Å². The fourth-order valence-electron chi connectivity index (χ4n) is 1.65. The van der Waals surface area contributed by atoms with Gasteiger partial charge in [-0.2, -0.15) is 11.8 Å². The van der Waals surface area contributed by atoms with Crippen molar-refractivity contribution in [2.75, 3.05) is 12.3 Å². The fraction of sp³-hybridized carbons (Fsp3) is 0.188. The van der Waals surface area contributed by atoms with Crippen LogP contribution in [0.4, 0.5) is 0 Å².